The van der Waals surface area contributed by atoms with Gasteiger partial charge in [-0.2, -0.15) is 0 Å². The van der Waals surface area contributed by atoms with Gasteiger partial charge in [-0.15, -0.1) is 0 Å². The van der Waals surface area contributed by atoms with Crippen molar-refractivity contribution in [3.8, 4) is 0 Å². The van der Waals surface area contributed by atoms with Crippen LogP contribution in [-0.2, 0) is 9.59 Å². The maximum Gasteiger partial charge on any atom is 0.295 e. The number of aliphatic hydroxyl groups excluding tert-OH is 1. The number of amides is 1. The molecule has 0 radical (unpaired) electrons. The predicted octanol–water partition coefficient (Wildman–Crippen LogP) is 2.80. The molecule has 3 rings (SSSR count). The van der Waals surface area contributed by atoms with Gasteiger partial charge in [0.2, 0.25) is 0 Å². The van der Waals surface area contributed by atoms with E-state index >= 15 is 0 Å². The fourth-order valence-corrected chi connectivity index (χ4v) is 3.04. The van der Waals surface area contributed by atoms with Gasteiger partial charge in [0.25, 0.3) is 11.7 Å². The Balaban J connectivity index is 2.12. The van der Waals surface area contributed by atoms with Crippen molar-refractivity contribution in [3.63, 3.8) is 0 Å². The van der Waals surface area contributed by atoms with Gasteiger partial charge in [-0.1, -0.05) is 42.5 Å². The quantitative estimate of drug-likeness (QED) is 0.532. The molecule has 1 saturated heterocycles. The van der Waals surface area contributed by atoms with Crippen molar-refractivity contribution in [2.45, 2.75) is 6.04 Å². The Hall–Kier alpha value is -3.08. The molecule has 0 saturated carbocycles. The molecule has 1 atom stereocenters. The molecule has 1 N–H and O–H groups in total. The van der Waals surface area contributed by atoms with E-state index in [1.165, 1.54) is 4.90 Å². The Morgan fingerprint density at radius 1 is 1.00 bits per heavy atom. The molecule has 5 nitrogen and oxygen atoms in total. The van der Waals surface area contributed by atoms with Crippen LogP contribution in [0.2, 0.25) is 0 Å². The van der Waals surface area contributed by atoms with Gasteiger partial charge in [0.15, 0.2) is 0 Å². The zero-order chi connectivity index (χ0) is 18.1. The van der Waals surface area contributed by atoms with Gasteiger partial charge in [-0.25, -0.2) is 0 Å². The Labute approximate surface area is 146 Å². The molecule has 0 aliphatic carbocycles. The lowest BCUT2D eigenvalue weighted by Crippen LogP contribution is -2.24. The number of carbonyl (C=O) groups is 2. The molecule has 5 heteroatoms. The fraction of sp³-hybridized carbons (Fsp3) is 0.200. The average molecular weight is 336 g/mol. The van der Waals surface area contributed by atoms with Crippen molar-refractivity contribution in [2.75, 3.05) is 26.0 Å². The highest BCUT2D eigenvalue weighted by Crippen LogP contribution is 2.38. The number of benzene rings is 2. The van der Waals surface area contributed by atoms with Crippen molar-refractivity contribution in [3.05, 3.63) is 71.3 Å². The summed E-state index contributed by atoms with van der Waals surface area (Å²) >= 11 is 0. The largest absolute Gasteiger partial charge is 0.507 e. The number of anilines is 1. The van der Waals surface area contributed by atoms with E-state index in [-0.39, 0.29) is 11.3 Å². The Kier molecular flexibility index (Phi) is 4.31. The highest BCUT2D eigenvalue weighted by atomic mass is 16.3. The molecule has 1 aliphatic heterocycles. The first-order chi connectivity index (χ1) is 11.9. The van der Waals surface area contributed by atoms with Gasteiger partial charge in [-0.3, -0.25) is 9.59 Å². The van der Waals surface area contributed by atoms with E-state index in [1.54, 1.807) is 31.3 Å². The Bertz CT molecular complexity index is 839. The van der Waals surface area contributed by atoms with E-state index in [1.807, 2.05) is 49.3 Å². The number of nitrogens with zero attached hydrogens (tertiary/aromatic N) is 2. The van der Waals surface area contributed by atoms with Crippen LogP contribution in [0, 0.1) is 0 Å². The summed E-state index contributed by atoms with van der Waals surface area (Å²) in [5, 5.41) is 10.7. The first kappa shape index (κ1) is 16.8. The van der Waals surface area contributed by atoms with Crippen molar-refractivity contribution in [1.82, 2.24) is 4.90 Å². The fourth-order valence-electron chi connectivity index (χ4n) is 3.04. The van der Waals surface area contributed by atoms with Crippen LogP contribution in [0.15, 0.2) is 60.2 Å². The second kappa shape index (κ2) is 6.43. The second-order valence-electron chi connectivity index (χ2n) is 6.26. The van der Waals surface area contributed by atoms with Crippen LogP contribution in [-0.4, -0.2) is 42.8 Å². The van der Waals surface area contributed by atoms with Gasteiger partial charge in [-0.05, 0) is 17.7 Å². The van der Waals surface area contributed by atoms with Crippen LogP contribution < -0.4 is 4.90 Å². The monoisotopic (exact) mass is 336 g/mol. The van der Waals surface area contributed by atoms with E-state index in [2.05, 4.69) is 0 Å². The van der Waals surface area contributed by atoms with Crippen LogP contribution in [0.5, 0.6) is 0 Å². The molecule has 2 aromatic carbocycles. The zero-order valence-electron chi connectivity index (χ0n) is 14.4. The lowest BCUT2D eigenvalue weighted by Gasteiger charge is -2.22. The summed E-state index contributed by atoms with van der Waals surface area (Å²) < 4.78 is 0. The third-order valence-electron chi connectivity index (χ3n) is 4.45. The van der Waals surface area contributed by atoms with Gasteiger partial charge in [0.1, 0.15) is 5.76 Å². The molecule has 0 aromatic heterocycles. The number of hydrogen-bond acceptors (Lipinski definition) is 4. The van der Waals surface area contributed by atoms with Crippen molar-refractivity contribution < 1.29 is 14.7 Å². The minimum absolute atomic E-state index is 0.122. The van der Waals surface area contributed by atoms with Crippen molar-refractivity contribution in [1.29, 1.82) is 0 Å². The first-order valence-electron chi connectivity index (χ1n) is 7.99. The SMILES string of the molecule is CN(C)c1ccc(C2C(=C(O)c3ccccc3)C(=O)C(=O)N2C)cc1. The minimum Gasteiger partial charge on any atom is -0.507 e. The molecule has 2 aromatic rings. The van der Waals surface area contributed by atoms with Crippen LogP contribution in [0.25, 0.3) is 5.76 Å². The molecule has 0 bridgehead atoms. The number of hydrogen-bond donors (Lipinski definition) is 1. The highest BCUT2D eigenvalue weighted by molar-refractivity contribution is 6.46. The summed E-state index contributed by atoms with van der Waals surface area (Å²) in [5.74, 6) is -1.42. The van der Waals surface area contributed by atoms with Gasteiger partial charge < -0.3 is 14.9 Å². The van der Waals surface area contributed by atoms with E-state index in [4.69, 9.17) is 0 Å². The van der Waals surface area contributed by atoms with E-state index in [0.717, 1.165) is 11.3 Å². The van der Waals surface area contributed by atoms with Crippen LogP contribution in [0.3, 0.4) is 0 Å². The maximum absolute atomic E-state index is 12.5. The maximum atomic E-state index is 12.5. The summed E-state index contributed by atoms with van der Waals surface area (Å²) in [5.41, 5.74) is 2.44. The zero-order valence-corrected chi connectivity index (χ0v) is 14.4. The Morgan fingerprint density at radius 3 is 2.16 bits per heavy atom. The number of likely N-dealkylation sites (tertiary alicyclic amines) is 1. The average Bonchev–Trinajstić information content (AvgIpc) is 2.86. The van der Waals surface area contributed by atoms with E-state index < -0.39 is 17.7 Å². The van der Waals surface area contributed by atoms with Crippen molar-refractivity contribution >= 4 is 23.1 Å². The molecule has 128 valence electrons. The third kappa shape index (κ3) is 2.89. The number of rotatable bonds is 3. The number of ketones is 1. The minimum atomic E-state index is -0.662. The molecule has 1 amide bonds. The van der Waals surface area contributed by atoms with Crippen molar-refractivity contribution in [2.24, 2.45) is 0 Å². The molecule has 1 heterocycles. The van der Waals surface area contributed by atoms with Crippen LogP contribution >= 0.6 is 0 Å². The molecule has 0 spiro atoms. The van der Waals surface area contributed by atoms with Gasteiger partial charge >= 0.3 is 0 Å². The summed E-state index contributed by atoms with van der Waals surface area (Å²) in [6, 6.07) is 15.8. The molecule has 1 fully saturated rings. The Morgan fingerprint density at radius 2 is 1.60 bits per heavy atom. The number of Topliss-reactive ketones (excluding diaryl/α,β-unsaturated/α-hetero) is 1. The topological polar surface area (TPSA) is 60.9 Å². The van der Waals surface area contributed by atoms with Gasteiger partial charge in [0.05, 0.1) is 11.6 Å². The van der Waals surface area contributed by atoms with E-state index in [9.17, 15) is 14.7 Å². The smallest absolute Gasteiger partial charge is 0.295 e. The summed E-state index contributed by atoms with van der Waals surface area (Å²) in [6.45, 7) is 0. The lowest BCUT2D eigenvalue weighted by molar-refractivity contribution is -0.139. The van der Waals surface area contributed by atoms with Gasteiger partial charge in [0, 0.05) is 32.4 Å². The van der Waals surface area contributed by atoms with Crippen LogP contribution in [0.1, 0.15) is 17.2 Å². The third-order valence-corrected chi connectivity index (χ3v) is 4.45. The summed E-state index contributed by atoms with van der Waals surface area (Å²) in [6.07, 6.45) is 0. The summed E-state index contributed by atoms with van der Waals surface area (Å²) in [4.78, 5) is 28.1. The normalized spacial score (nSPS) is 19.3. The predicted molar refractivity (Wildman–Crippen MR) is 97.3 cm³/mol. The van der Waals surface area contributed by atoms with E-state index in [0.29, 0.717) is 5.56 Å². The molecule has 1 unspecified atom stereocenters. The molecule has 1 aliphatic rings. The van der Waals surface area contributed by atoms with Crippen LogP contribution in [0.4, 0.5) is 5.69 Å². The second-order valence-corrected chi connectivity index (χ2v) is 6.26. The molecule has 25 heavy (non-hydrogen) atoms. The number of carbonyl (C=O) groups excluding carboxylic acids is 2. The number of aliphatic hydroxyl groups is 1. The molecular formula is C20H20N2O3. The summed E-state index contributed by atoms with van der Waals surface area (Å²) in [7, 11) is 5.46. The first-order valence-corrected chi connectivity index (χ1v) is 7.99. The number of likely N-dealkylation sites (N-methyl/N-ethyl adjacent to an activating group) is 1. The standard InChI is InChI=1S/C20H20N2O3/c1-21(2)15-11-9-13(10-12-15)17-16(19(24)20(25)22(17)3)18(23)14-7-5-4-6-8-14/h4-12,17,23H,1-3H3. The molecular weight excluding hydrogens is 316 g/mol. The lowest BCUT2D eigenvalue weighted by atomic mass is 9.95. The highest BCUT2D eigenvalue weighted by Gasteiger charge is 2.44.